The highest BCUT2D eigenvalue weighted by atomic mass is 79.9. The zero-order valence-electron chi connectivity index (χ0n) is 16.5. The molecule has 30 heavy (non-hydrogen) atoms. The molecule has 0 aliphatic rings. The normalized spacial score (nSPS) is 10.9. The third-order valence-electron chi connectivity index (χ3n) is 4.60. The first-order valence-electron chi connectivity index (χ1n) is 9.83. The number of fused-ring (bicyclic) bond motifs is 1. The Labute approximate surface area is 183 Å². The van der Waals surface area contributed by atoms with Gasteiger partial charge in [-0.15, -0.1) is 0 Å². The van der Waals surface area contributed by atoms with E-state index in [2.05, 4.69) is 33.2 Å². The molecule has 3 aromatic carbocycles. The van der Waals surface area contributed by atoms with Crippen molar-refractivity contribution in [1.29, 1.82) is 0 Å². The van der Waals surface area contributed by atoms with Crippen LogP contribution in [0.5, 0.6) is 5.75 Å². The predicted octanol–water partition coefficient (Wildman–Crippen LogP) is 6.69. The number of nitrogens with one attached hydrogen (secondary N) is 1. The lowest BCUT2D eigenvalue weighted by molar-refractivity contribution is 0.102. The number of ether oxygens (including phenoxy) is 1. The van der Waals surface area contributed by atoms with Gasteiger partial charge >= 0.3 is 0 Å². The molecule has 0 atom stereocenters. The van der Waals surface area contributed by atoms with Gasteiger partial charge in [-0.25, -0.2) is 4.98 Å². The summed E-state index contributed by atoms with van der Waals surface area (Å²) in [5, 5.41) is 2.91. The molecule has 0 aliphatic carbocycles. The Hall–Kier alpha value is -3.12. The Balaban J connectivity index is 1.47. The second-order valence-electron chi connectivity index (χ2n) is 6.89. The number of rotatable bonds is 7. The van der Waals surface area contributed by atoms with Crippen LogP contribution in [0.15, 0.2) is 75.6 Å². The molecule has 4 aromatic rings. The molecule has 0 saturated carbocycles. The minimum Gasteiger partial charge on any atom is -0.494 e. The molecular weight excluding hydrogens is 444 g/mol. The average Bonchev–Trinajstić information content (AvgIpc) is 3.18. The van der Waals surface area contributed by atoms with Crippen molar-refractivity contribution < 1.29 is 13.9 Å². The van der Waals surface area contributed by atoms with Crippen LogP contribution in [0.4, 0.5) is 5.69 Å². The quantitative estimate of drug-likeness (QED) is 0.309. The number of hydrogen-bond donors (Lipinski definition) is 1. The van der Waals surface area contributed by atoms with Gasteiger partial charge in [-0.1, -0.05) is 35.3 Å². The van der Waals surface area contributed by atoms with Gasteiger partial charge in [0.05, 0.1) is 6.61 Å². The zero-order valence-corrected chi connectivity index (χ0v) is 18.1. The van der Waals surface area contributed by atoms with Crippen molar-refractivity contribution in [3.8, 4) is 17.2 Å². The highest BCUT2D eigenvalue weighted by molar-refractivity contribution is 9.10. The van der Waals surface area contributed by atoms with Gasteiger partial charge in [0.15, 0.2) is 5.58 Å². The molecule has 0 fully saturated rings. The lowest BCUT2D eigenvalue weighted by Crippen LogP contribution is -2.11. The Morgan fingerprint density at radius 3 is 2.70 bits per heavy atom. The molecule has 1 amide bonds. The van der Waals surface area contributed by atoms with E-state index in [9.17, 15) is 4.79 Å². The van der Waals surface area contributed by atoms with Crippen LogP contribution >= 0.6 is 15.9 Å². The van der Waals surface area contributed by atoms with E-state index >= 15 is 0 Å². The summed E-state index contributed by atoms with van der Waals surface area (Å²) < 4.78 is 12.4. The van der Waals surface area contributed by atoms with E-state index in [0.29, 0.717) is 34.8 Å². The van der Waals surface area contributed by atoms with Crippen LogP contribution in [0.3, 0.4) is 0 Å². The maximum absolute atomic E-state index is 12.6. The van der Waals surface area contributed by atoms with Crippen molar-refractivity contribution in [1.82, 2.24) is 4.98 Å². The molecule has 0 aliphatic heterocycles. The number of amides is 1. The van der Waals surface area contributed by atoms with Gasteiger partial charge in [0, 0.05) is 21.3 Å². The first kappa shape index (κ1) is 20.2. The van der Waals surface area contributed by atoms with Crippen LogP contribution < -0.4 is 10.1 Å². The fourth-order valence-electron chi connectivity index (χ4n) is 2.99. The number of carbonyl (C=O) groups excluding carboxylic acids is 1. The Morgan fingerprint density at radius 2 is 1.93 bits per heavy atom. The van der Waals surface area contributed by atoms with Crippen LogP contribution in [0, 0.1) is 0 Å². The summed E-state index contributed by atoms with van der Waals surface area (Å²) >= 11 is 3.46. The van der Waals surface area contributed by atoms with Crippen LogP contribution in [-0.4, -0.2) is 17.5 Å². The van der Waals surface area contributed by atoms with E-state index in [0.717, 1.165) is 28.6 Å². The summed E-state index contributed by atoms with van der Waals surface area (Å²) in [4.78, 5) is 17.1. The van der Waals surface area contributed by atoms with Crippen LogP contribution in [0.1, 0.15) is 30.1 Å². The summed E-state index contributed by atoms with van der Waals surface area (Å²) in [5.41, 5.74) is 3.45. The van der Waals surface area contributed by atoms with Crippen molar-refractivity contribution in [3.63, 3.8) is 0 Å². The first-order chi connectivity index (χ1) is 14.6. The third-order valence-corrected chi connectivity index (χ3v) is 5.09. The largest absolute Gasteiger partial charge is 0.494 e. The first-order valence-corrected chi connectivity index (χ1v) is 10.6. The van der Waals surface area contributed by atoms with E-state index in [1.165, 1.54) is 0 Å². The second kappa shape index (κ2) is 9.13. The highest BCUT2D eigenvalue weighted by Gasteiger charge is 2.11. The minimum atomic E-state index is -0.190. The van der Waals surface area contributed by atoms with Crippen LogP contribution in [0.25, 0.3) is 22.6 Å². The zero-order chi connectivity index (χ0) is 20.9. The topological polar surface area (TPSA) is 64.4 Å². The number of anilines is 1. The molecule has 6 heteroatoms. The Kier molecular flexibility index (Phi) is 6.14. The number of halogens is 1. The SMILES string of the molecule is CCCCOc1ccc(C(=O)Nc2ccc3oc(-c4cccc(Br)c4)nc3c2)cc1. The summed E-state index contributed by atoms with van der Waals surface area (Å²) in [7, 11) is 0. The molecule has 1 heterocycles. The molecule has 5 nitrogen and oxygen atoms in total. The van der Waals surface area contributed by atoms with Gasteiger partial charge in [-0.05, 0) is 67.1 Å². The summed E-state index contributed by atoms with van der Waals surface area (Å²) in [6.07, 6.45) is 2.09. The van der Waals surface area contributed by atoms with E-state index in [1.807, 2.05) is 42.5 Å². The summed E-state index contributed by atoms with van der Waals surface area (Å²) in [5.74, 6) is 1.11. The highest BCUT2D eigenvalue weighted by Crippen LogP contribution is 2.28. The summed E-state index contributed by atoms with van der Waals surface area (Å²) in [6.45, 7) is 2.80. The van der Waals surface area contributed by atoms with E-state index in [4.69, 9.17) is 9.15 Å². The van der Waals surface area contributed by atoms with Gasteiger partial charge in [-0.2, -0.15) is 0 Å². The van der Waals surface area contributed by atoms with E-state index in [-0.39, 0.29) is 5.91 Å². The molecule has 0 bridgehead atoms. The van der Waals surface area contributed by atoms with E-state index < -0.39 is 0 Å². The van der Waals surface area contributed by atoms with Gasteiger partial charge in [-0.3, -0.25) is 4.79 Å². The number of oxazole rings is 1. The lowest BCUT2D eigenvalue weighted by Gasteiger charge is -2.07. The molecule has 0 spiro atoms. The van der Waals surface area contributed by atoms with Gasteiger partial charge in [0.25, 0.3) is 5.91 Å². The van der Waals surface area contributed by atoms with Gasteiger partial charge in [0.2, 0.25) is 5.89 Å². The van der Waals surface area contributed by atoms with Crippen LogP contribution in [0.2, 0.25) is 0 Å². The molecule has 4 rings (SSSR count). The molecule has 1 aromatic heterocycles. The van der Waals surface area contributed by atoms with Crippen molar-refractivity contribution in [2.24, 2.45) is 0 Å². The van der Waals surface area contributed by atoms with Crippen molar-refractivity contribution in [2.75, 3.05) is 11.9 Å². The number of hydrogen-bond acceptors (Lipinski definition) is 4. The Bertz CT molecular complexity index is 1170. The van der Waals surface area contributed by atoms with Gasteiger partial charge in [0.1, 0.15) is 11.3 Å². The second-order valence-corrected chi connectivity index (χ2v) is 7.81. The summed E-state index contributed by atoms with van der Waals surface area (Å²) in [6, 6.07) is 20.3. The van der Waals surface area contributed by atoms with E-state index in [1.54, 1.807) is 24.3 Å². The third kappa shape index (κ3) is 4.71. The number of nitrogens with zero attached hydrogens (tertiary/aromatic N) is 1. The molecule has 0 saturated heterocycles. The molecule has 1 N–H and O–H groups in total. The van der Waals surface area contributed by atoms with Crippen molar-refractivity contribution in [2.45, 2.75) is 19.8 Å². The number of aromatic nitrogens is 1. The molecule has 152 valence electrons. The van der Waals surface area contributed by atoms with Crippen molar-refractivity contribution >= 4 is 38.6 Å². The van der Waals surface area contributed by atoms with Crippen LogP contribution in [-0.2, 0) is 0 Å². The fraction of sp³-hybridized carbons (Fsp3) is 0.167. The molecule has 0 radical (unpaired) electrons. The predicted molar refractivity (Wildman–Crippen MR) is 122 cm³/mol. The Morgan fingerprint density at radius 1 is 1.10 bits per heavy atom. The molecular formula is C24H21BrN2O3. The maximum atomic E-state index is 12.6. The number of benzene rings is 3. The average molecular weight is 465 g/mol. The maximum Gasteiger partial charge on any atom is 0.255 e. The minimum absolute atomic E-state index is 0.190. The standard InChI is InChI=1S/C24H21BrN2O3/c1-2-3-13-29-20-10-7-16(8-11-20)23(28)26-19-9-12-22-21(15-19)27-24(30-22)17-5-4-6-18(25)14-17/h4-12,14-15H,2-3,13H2,1H3,(H,26,28). The van der Waals surface area contributed by atoms with Gasteiger partial charge < -0.3 is 14.5 Å². The number of unbranched alkanes of at least 4 members (excludes halogenated alkanes) is 1. The smallest absolute Gasteiger partial charge is 0.255 e. The monoisotopic (exact) mass is 464 g/mol. The fourth-order valence-corrected chi connectivity index (χ4v) is 3.39. The molecule has 0 unspecified atom stereocenters. The van der Waals surface area contributed by atoms with Crippen molar-refractivity contribution in [3.05, 3.63) is 76.8 Å². The lowest BCUT2D eigenvalue weighted by atomic mass is 10.2. The number of carbonyl (C=O) groups is 1.